The van der Waals surface area contributed by atoms with Gasteiger partial charge in [-0.05, 0) is 57.5 Å². The van der Waals surface area contributed by atoms with Gasteiger partial charge in [0.2, 0.25) is 0 Å². The quantitative estimate of drug-likeness (QED) is 0.689. The molecular formula is C22H26F3N3O2. The lowest BCUT2D eigenvalue weighted by Gasteiger charge is -2.47. The van der Waals surface area contributed by atoms with Gasteiger partial charge in [0.25, 0.3) is 5.91 Å². The number of nitrogens with one attached hydrogen (secondary N) is 2. The summed E-state index contributed by atoms with van der Waals surface area (Å²) in [5.74, 6) is -3.66. The van der Waals surface area contributed by atoms with Crippen LogP contribution in [0.1, 0.15) is 36.7 Å². The maximum Gasteiger partial charge on any atom is 0.256 e. The number of halogens is 3. The van der Waals surface area contributed by atoms with Crippen molar-refractivity contribution in [3.05, 3.63) is 58.9 Å². The summed E-state index contributed by atoms with van der Waals surface area (Å²) in [7, 11) is 0. The van der Waals surface area contributed by atoms with Crippen molar-refractivity contribution in [1.82, 2.24) is 10.2 Å². The third-order valence-electron chi connectivity index (χ3n) is 4.91. The number of likely N-dealkylation sites (tertiary alicyclic amines) is 1. The first-order chi connectivity index (χ1) is 13.9. The van der Waals surface area contributed by atoms with Gasteiger partial charge in [-0.25, -0.2) is 13.2 Å². The Morgan fingerprint density at radius 2 is 1.80 bits per heavy atom. The third-order valence-corrected chi connectivity index (χ3v) is 4.91. The van der Waals surface area contributed by atoms with E-state index in [9.17, 15) is 23.1 Å². The molecule has 5 nitrogen and oxygen atoms in total. The normalized spacial score (nSPS) is 15.7. The molecule has 0 atom stereocenters. The van der Waals surface area contributed by atoms with Crippen molar-refractivity contribution >= 4 is 17.3 Å². The number of amides is 1. The Balaban J connectivity index is 1.81. The monoisotopic (exact) mass is 421 g/mol. The fraction of sp³-hybridized carbons (Fsp3) is 0.409. The molecule has 1 aliphatic heterocycles. The summed E-state index contributed by atoms with van der Waals surface area (Å²) in [6, 6.07) is 6.26. The van der Waals surface area contributed by atoms with Gasteiger partial charge in [-0.1, -0.05) is 6.07 Å². The molecule has 0 bridgehead atoms. The molecule has 1 heterocycles. The Kier molecular flexibility index (Phi) is 5.84. The molecule has 8 heteroatoms. The van der Waals surface area contributed by atoms with Crippen LogP contribution in [-0.4, -0.2) is 46.7 Å². The lowest BCUT2D eigenvalue weighted by Crippen LogP contribution is -2.68. The van der Waals surface area contributed by atoms with Gasteiger partial charge in [-0.2, -0.15) is 0 Å². The van der Waals surface area contributed by atoms with Crippen LogP contribution in [0, 0.1) is 24.4 Å². The number of nitrogens with zero attached hydrogens (tertiary/aromatic N) is 1. The molecule has 0 aromatic heterocycles. The largest absolute Gasteiger partial charge is 0.385 e. The van der Waals surface area contributed by atoms with E-state index in [0.717, 1.165) is 12.1 Å². The summed E-state index contributed by atoms with van der Waals surface area (Å²) in [5.41, 5.74) is -1.29. The van der Waals surface area contributed by atoms with Crippen molar-refractivity contribution in [3.8, 4) is 0 Å². The van der Waals surface area contributed by atoms with Crippen LogP contribution in [0.3, 0.4) is 0 Å². The van der Waals surface area contributed by atoms with Crippen molar-refractivity contribution in [1.29, 1.82) is 0 Å². The van der Waals surface area contributed by atoms with Gasteiger partial charge in [0.05, 0.1) is 30.0 Å². The zero-order valence-corrected chi connectivity index (χ0v) is 17.4. The second-order valence-electron chi connectivity index (χ2n) is 8.88. The number of β-amino-alcohol motifs (C(OH)–C–C–N with tert-alkyl or cyclic N) is 1. The molecule has 162 valence electrons. The smallest absolute Gasteiger partial charge is 0.256 e. The molecule has 30 heavy (non-hydrogen) atoms. The number of aliphatic hydroxyl groups is 1. The Labute approximate surface area is 173 Å². The lowest BCUT2D eigenvalue weighted by atomic mass is 9.91. The molecule has 3 rings (SSSR count). The molecule has 1 fully saturated rings. The predicted octanol–water partition coefficient (Wildman–Crippen LogP) is 3.73. The maximum absolute atomic E-state index is 14.5. The van der Waals surface area contributed by atoms with Crippen molar-refractivity contribution < 1.29 is 23.1 Å². The van der Waals surface area contributed by atoms with E-state index < -0.39 is 34.6 Å². The van der Waals surface area contributed by atoms with E-state index in [1.807, 2.05) is 20.8 Å². The van der Waals surface area contributed by atoms with E-state index >= 15 is 0 Å². The van der Waals surface area contributed by atoms with E-state index in [1.165, 1.54) is 17.0 Å². The molecule has 0 unspecified atom stereocenters. The van der Waals surface area contributed by atoms with E-state index in [4.69, 9.17) is 0 Å². The van der Waals surface area contributed by atoms with Crippen LogP contribution in [0.15, 0.2) is 30.3 Å². The average molecular weight is 421 g/mol. The van der Waals surface area contributed by atoms with Crippen LogP contribution in [0.2, 0.25) is 0 Å². The molecule has 1 aliphatic rings. The molecule has 0 radical (unpaired) electrons. The van der Waals surface area contributed by atoms with Gasteiger partial charge in [-0.3, -0.25) is 4.79 Å². The fourth-order valence-electron chi connectivity index (χ4n) is 3.23. The van der Waals surface area contributed by atoms with Crippen LogP contribution in [0.4, 0.5) is 24.5 Å². The minimum atomic E-state index is -1.27. The second kappa shape index (κ2) is 7.92. The number of carbonyl (C=O) groups is 1. The standard InChI is InChI=1S/C22H26F3N3O2/c1-13-5-8-17(16(24)9-13)27-19-14(6-7-15(23)18(19)25)20(29)28-11-22(30,12-28)10-26-21(2,3)4/h5-9,26-27,30H,10-12H2,1-4H3. The summed E-state index contributed by atoms with van der Waals surface area (Å²) in [5, 5.41) is 16.2. The highest BCUT2D eigenvalue weighted by atomic mass is 19.2. The van der Waals surface area contributed by atoms with E-state index in [2.05, 4.69) is 10.6 Å². The molecule has 2 aromatic rings. The van der Waals surface area contributed by atoms with Crippen LogP contribution in [0.5, 0.6) is 0 Å². The van der Waals surface area contributed by atoms with Crippen molar-refractivity contribution in [2.45, 2.75) is 38.8 Å². The Morgan fingerprint density at radius 1 is 1.13 bits per heavy atom. The predicted molar refractivity (Wildman–Crippen MR) is 109 cm³/mol. The molecule has 2 aromatic carbocycles. The minimum Gasteiger partial charge on any atom is -0.385 e. The number of hydrogen-bond acceptors (Lipinski definition) is 4. The van der Waals surface area contributed by atoms with Gasteiger partial charge >= 0.3 is 0 Å². The molecule has 0 spiro atoms. The number of hydrogen-bond donors (Lipinski definition) is 3. The van der Waals surface area contributed by atoms with E-state index in [-0.39, 0.29) is 36.4 Å². The summed E-state index contributed by atoms with van der Waals surface area (Å²) in [6.45, 7) is 7.96. The first kappa shape index (κ1) is 22.1. The van der Waals surface area contributed by atoms with Crippen molar-refractivity contribution in [3.63, 3.8) is 0 Å². The third kappa shape index (κ3) is 4.76. The maximum atomic E-state index is 14.5. The number of carbonyl (C=O) groups excluding carboxylic acids is 1. The highest BCUT2D eigenvalue weighted by Gasteiger charge is 2.44. The number of anilines is 2. The van der Waals surface area contributed by atoms with Crippen molar-refractivity contribution in [2.24, 2.45) is 0 Å². The first-order valence-electron chi connectivity index (χ1n) is 9.66. The molecule has 1 saturated heterocycles. The van der Waals surface area contributed by atoms with Crippen LogP contribution in [-0.2, 0) is 0 Å². The zero-order chi connectivity index (χ0) is 22.3. The minimum absolute atomic E-state index is 0.0479. The number of rotatable bonds is 5. The number of aryl methyl sites for hydroxylation is 1. The van der Waals surface area contributed by atoms with E-state index in [0.29, 0.717) is 5.56 Å². The SMILES string of the molecule is Cc1ccc(Nc2c(C(=O)N3CC(O)(CNC(C)(C)C)C3)ccc(F)c2F)c(F)c1. The first-order valence-corrected chi connectivity index (χ1v) is 9.66. The highest BCUT2D eigenvalue weighted by Crippen LogP contribution is 2.31. The molecule has 1 amide bonds. The van der Waals surface area contributed by atoms with Crippen LogP contribution in [0.25, 0.3) is 0 Å². The van der Waals surface area contributed by atoms with Gasteiger partial charge < -0.3 is 20.6 Å². The Bertz CT molecular complexity index is 967. The van der Waals surface area contributed by atoms with Crippen LogP contribution >= 0.6 is 0 Å². The molecular weight excluding hydrogens is 395 g/mol. The van der Waals surface area contributed by atoms with Gasteiger partial charge in [0.1, 0.15) is 11.4 Å². The second-order valence-corrected chi connectivity index (χ2v) is 8.88. The van der Waals surface area contributed by atoms with Crippen LogP contribution < -0.4 is 10.6 Å². The average Bonchev–Trinajstić information content (AvgIpc) is 2.62. The van der Waals surface area contributed by atoms with Gasteiger partial charge in [-0.15, -0.1) is 0 Å². The highest BCUT2D eigenvalue weighted by molar-refractivity contribution is 6.01. The molecule has 3 N–H and O–H groups in total. The van der Waals surface area contributed by atoms with Crippen molar-refractivity contribution in [2.75, 3.05) is 25.0 Å². The summed E-state index contributed by atoms with van der Waals surface area (Å²) in [6.07, 6.45) is 0. The summed E-state index contributed by atoms with van der Waals surface area (Å²) in [4.78, 5) is 14.2. The summed E-state index contributed by atoms with van der Waals surface area (Å²) < 4.78 is 42.6. The Hall–Kier alpha value is -2.58. The number of benzene rings is 2. The van der Waals surface area contributed by atoms with E-state index in [1.54, 1.807) is 13.0 Å². The molecule has 0 aliphatic carbocycles. The molecule has 0 saturated carbocycles. The fourth-order valence-corrected chi connectivity index (χ4v) is 3.23. The topological polar surface area (TPSA) is 64.6 Å². The van der Waals surface area contributed by atoms with Gasteiger partial charge in [0, 0.05) is 12.1 Å². The summed E-state index contributed by atoms with van der Waals surface area (Å²) >= 11 is 0. The lowest BCUT2D eigenvalue weighted by molar-refractivity contribution is -0.0811. The Morgan fingerprint density at radius 3 is 2.40 bits per heavy atom. The zero-order valence-electron chi connectivity index (χ0n) is 17.4. The van der Waals surface area contributed by atoms with Gasteiger partial charge in [0.15, 0.2) is 11.6 Å².